The Morgan fingerprint density at radius 2 is 1.68 bits per heavy atom. The second-order valence-corrected chi connectivity index (χ2v) is 5.50. The van der Waals surface area contributed by atoms with Crippen molar-refractivity contribution in [1.29, 1.82) is 0 Å². The van der Waals surface area contributed by atoms with Crippen molar-refractivity contribution >= 4 is 40.8 Å². The molecule has 2 rings (SSSR count). The Hall–Kier alpha value is -1.26. The van der Waals surface area contributed by atoms with Crippen molar-refractivity contribution < 1.29 is 14.7 Å². The molecule has 4 nitrogen and oxygen atoms in total. The van der Waals surface area contributed by atoms with Gasteiger partial charge in [0.25, 0.3) is 0 Å². The molecule has 0 aromatic heterocycles. The van der Waals surface area contributed by atoms with E-state index in [1.807, 2.05) is 0 Å². The zero-order chi connectivity index (χ0) is 14.0. The lowest BCUT2D eigenvalue weighted by Gasteiger charge is -2.15. The number of nitrogens with one attached hydrogen (secondary N) is 1. The Kier molecular flexibility index (Phi) is 4.32. The number of amides is 1. The van der Waals surface area contributed by atoms with Gasteiger partial charge in [0.1, 0.15) is 0 Å². The molecule has 0 radical (unpaired) electrons. The lowest BCUT2D eigenvalue weighted by Crippen LogP contribution is -2.29. The van der Waals surface area contributed by atoms with Crippen LogP contribution < -0.4 is 5.32 Å². The summed E-state index contributed by atoms with van der Waals surface area (Å²) in [6.07, 6.45) is 1.90. The zero-order valence-electron chi connectivity index (χ0n) is 10.0. The van der Waals surface area contributed by atoms with E-state index in [4.69, 9.17) is 28.3 Å². The van der Waals surface area contributed by atoms with Gasteiger partial charge >= 0.3 is 5.97 Å². The van der Waals surface area contributed by atoms with Gasteiger partial charge in [-0.2, -0.15) is 0 Å². The number of halogens is 2. The first-order chi connectivity index (χ1) is 8.97. The quantitative estimate of drug-likeness (QED) is 0.899. The molecule has 102 valence electrons. The van der Waals surface area contributed by atoms with Gasteiger partial charge in [-0.25, -0.2) is 0 Å². The average Bonchev–Trinajstić information content (AvgIpc) is 2.75. The summed E-state index contributed by atoms with van der Waals surface area (Å²) in [6, 6.07) is 4.72. The van der Waals surface area contributed by atoms with E-state index in [-0.39, 0.29) is 5.91 Å². The van der Waals surface area contributed by atoms with Crippen LogP contribution in [0, 0.1) is 11.8 Å². The third kappa shape index (κ3) is 3.39. The third-order valence-electron chi connectivity index (χ3n) is 3.30. The number of hydrogen-bond donors (Lipinski definition) is 2. The lowest BCUT2D eigenvalue weighted by atomic mass is 9.95. The number of benzene rings is 1. The summed E-state index contributed by atoms with van der Waals surface area (Å²) in [7, 11) is 0. The molecule has 0 aliphatic heterocycles. The number of carboxylic acids is 1. The molecule has 1 amide bonds. The summed E-state index contributed by atoms with van der Waals surface area (Å²) < 4.78 is 0. The van der Waals surface area contributed by atoms with Crippen molar-refractivity contribution in [2.75, 3.05) is 5.32 Å². The standard InChI is InChI=1S/C13H13Cl2NO3/c14-7-4-8(15)6-9(5-7)16-12(17)10-2-1-3-11(10)13(18)19/h4-6,10-11H,1-3H2,(H,16,17)(H,18,19)/t10-,11+/m1/s1. The van der Waals surface area contributed by atoms with Crippen LogP contribution in [-0.2, 0) is 9.59 Å². The summed E-state index contributed by atoms with van der Waals surface area (Å²) >= 11 is 11.7. The maximum atomic E-state index is 12.1. The summed E-state index contributed by atoms with van der Waals surface area (Å²) in [5.41, 5.74) is 0.485. The zero-order valence-corrected chi connectivity index (χ0v) is 11.5. The molecule has 1 saturated carbocycles. The smallest absolute Gasteiger partial charge is 0.307 e. The van der Waals surface area contributed by atoms with E-state index in [1.54, 1.807) is 18.2 Å². The highest BCUT2D eigenvalue weighted by atomic mass is 35.5. The van der Waals surface area contributed by atoms with E-state index < -0.39 is 17.8 Å². The molecule has 0 unspecified atom stereocenters. The van der Waals surface area contributed by atoms with E-state index in [1.165, 1.54) is 0 Å². The van der Waals surface area contributed by atoms with Crippen LogP contribution in [0.15, 0.2) is 18.2 Å². The fourth-order valence-corrected chi connectivity index (χ4v) is 2.96. The fourth-order valence-electron chi connectivity index (χ4n) is 2.43. The highest BCUT2D eigenvalue weighted by molar-refractivity contribution is 6.35. The molecule has 1 aliphatic rings. The van der Waals surface area contributed by atoms with Gasteiger partial charge in [-0.3, -0.25) is 9.59 Å². The highest BCUT2D eigenvalue weighted by Gasteiger charge is 2.37. The van der Waals surface area contributed by atoms with Gasteiger partial charge in [0.2, 0.25) is 5.91 Å². The predicted octanol–water partition coefficient (Wildman–Crippen LogP) is 3.43. The van der Waals surface area contributed by atoms with Gasteiger partial charge < -0.3 is 10.4 Å². The van der Waals surface area contributed by atoms with Crippen LogP contribution in [0.2, 0.25) is 10.0 Å². The maximum Gasteiger partial charge on any atom is 0.307 e. The summed E-state index contributed by atoms with van der Waals surface area (Å²) in [5, 5.41) is 12.6. The maximum absolute atomic E-state index is 12.1. The predicted molar refractivity (Wildman–Crippen MR) is 73.6 cm³/mol. The largest absolute Gasteiger partial charge is 0.481 e. The van der Waals surface area contributed by atoms with E-state index >= 15 is 0 Å². The van der Waals surface area contributed by atoms with Crippen LogP contribution in [0.1, 0.15) is 19.3 Å². The summed E-state index contributed by atoms with van der Waals surface area (Å²) in [5.74, 6) is -2.30. The molecule has 2 N–H and O–H groups in total. The van der Waals surface area contributed by atoms with Crippen molar-refractivity contribution in [2.45, 2.75) is 19.3 Å². The SMILES string of the molecule is O=C(O)[C@H]1CCC[C@H]1C(=O)Nc1cc(Cl)cc(Cl)c1. The minimum atomic E-state index is -0.915. The third-order valence-corrected chi connectivity index (χ3v) is 3.74. The van der Waals surface area contributed by atoms with Gasteiger partial charge in [-0.15, -0.1) is 0 Å². The molecule has 1 aliphatic carbocycles. The number of carboxylic acid groups (broad SMARTS) is 1. The van der Waals surface area contributed by atoms with Crippen molar-refractivity contribution in [3.63, 3.8) is 0 Å². The monoisotopic (exact) mass is 301 g/mol. The Morgan fingerprint density at radius 1 is 1.11 bits per heavy atom. The molecule has 0 heterocycles. The summed E-state index contributed by atoms with van der Waals surface area (Å²) in [4.78, 5) is 23.1. The molecule has 2 atom stereocenters. The minimum Gasteiger partial charge on any atom is -0.481 e. The number of aliphatic carboxylic acids is 1. The van der Waals surface area contributed by atoms with Crippen molar-refractivity contribution in [2.24, 2.45) is 11.8 Å². The van der Waals surface area contributed by atoms with Gasteiger partial charge in [-0.05, 0) is 31.0 Å². The van der Waals surface area contributed by atoms with Crippen LogP contribution >= 0.6 is 23.2 Å². The molecule has 0 saturated heterocycles. The molecule has 0 spiro atoms. The normalized spacial score (nSPS) is 22.2. The van der Waals surface area contributed by atoms with Crippen molar-refractivity contribution in [3.05, 3.63) is 28.2 Å². The van der Waals surface area contributed by atoms with Gasteiger partial charge in [0.05, 0.1) is 11.8 Å². The van der Waals surface area contributed by atoms with Crippen LogP contribution in [-0.4, -0.2) is 17.0 Å². The first-order valence-corrected chi connectivity index (χ1v) is 6.72. The highest BCUT2D eigenvalue weighted by Crippen LogP contribution is 2.33. The lowest BCUT2D eigenvalue weighted by molar-refractivity contribution is -0.145. The molecule has 1 aromatic rings. The van der Waals surface area contributed by atoms with Crippen molar-refractivity contribution in [3.8, 4) is 0 Å². The Labute approximate surface area is 120 Å². The number of rotatable bonds is 3. The first kappa shape index (κ1) is 14.2. The van der Waals surface area contributed by atoms with Crippen molar-refractivity contribution in [1.82, 2.24) is 0 Å². The molecule has 1 fully saturated rings. The number of carbonyl (C=O) groups excluding carboxylic acids is 1. The van der Waals surface area contributed by atoms with Crippen LogP contribution in [0.4, 0.5) is 5.69 Å². The van der Waals surface area contributed by atoms with E-state index in [0.717, 1.165) is 6.42 Å². The molecule has 1 aromatic carbocycles. The van der Waals surface area contributed by atoms with E-state index in [2.05, 4.69) is 5.32 Å². The fraction of sp³-hybridized carbons (Fsp3) is 0.385. The Bertz CT molecular complexity index is 498. The molecular formula is C13H13Cl2NO3. The van der Waals surface area contributed by atoms with E-state index in [0.29, 0.717) is 28.6 Å². The van der Waals surface area contributed by atoms with Gasteiger partial charge in [-0.1, -0.05) is 29.6 Å². The first-order valence-electron chi connectivity index (χ1n) is 5.97. The minimum absolute atomic E-state index is 0.289. The van der Waals surface area contributed by atoms with E-state index in [9.17, 15) is 9.59 Å². The molecule has 6 heteroatoms. The second-order valence-electron chi connectivity index (χ2n) is 4.63. The van der Waals surface area contributed by atoms with Gasteiger partial charge in [0.15, 0.2) is 0 Å². The molecule has 0 bridgehead atoms. The topological polar surface area (TPSA) is 66.4 Å². The number of carbonyl (C=O) groups is 2. The second kappa shape index (κ2) is 5.80. The summed E-state index contributed by atoms with van der Waals surface area (Å²) in [6.45, 7) is 0. The van der Waals surface area contributed by atoms with Crippen LogP contribution in [0.3, 0.4) is 0 Å². The van der Waals surface area contributed by atoms with Gasteiger partial charge in [0, 0.05) is 15.7 Å². The van der Waals surface area contributed by atoms with Crippen LogP contribution in [0.5, 0.6) is 0 Å². The molecule has 19 heavy (non-hydrogen) atoms. The Morgan fingerprint density at radius 3 is 2.26 bits per heavy atom. The number of anilines is 1. The molecular weight excluding hydrogens is 289 g/mol. The number of hydrogen-bond acceptors (Lipinski definition) is 2. The Balaban J connectivity index is 2.10. The van der Waals surface area contributed by atoms with Crippen LogP contribution in [0.25, 0.3) is 0 Å². The average molecular weight is 302 g/mol.